The fourth-order valence-electron chi connectivity index (χ4n) is 0.241. The van der Waals surface area contributed by atoms with Gasteiger partial charge in [0.05, 0.1) is 6.26 Å². The Hall–Kier alpha value is -0.990. The number of carboxylic acids is 1. The molecular formula is C7H14O3. The highest BCUT2D eigenvalue weighted by Gasteiger charge is 1.66. The number of rotatable bonds is 2. The van der Waals surface area contributed by atoms with E-state index in [0.29, 0.717) is 0 Å². The van der Waals surface area contributed by atoms with Crippen molar-refractivity contribution >= 4 is 5.97 Å². The highest BCUT2D eigenvalue weighted by molar-refractivity contribution is 5.62. The molecule has 0 spiro atoms. The maximum Gasteiger partial charge on any atom is 0.300 e. The average Bonchev–Trinajstić information content (AvgIpc) is 1.82. The van der Waals surface area contributed by atoms with Crippen molar-refractivity contribution in [1.82, 2.24) is 0 Å². The number of aliphatic hydroxyl groups excluding tert-OH is 1. The van der Waals surface area contributed by atoms with Crippen LogP contribution in [0.15, 0.2) is 12.3 Å². The first kappa shape index (κ1) is 11.8. The molecule has 0 saturated heterocycles. The summed E-state index contributed by atoms with van der Waals surface area (Å²) < 4.78 is 0. The standard InChI is InChI=1S/C5H10O.C2H4O2/c1-2-3-4-5-6;1-2(3)4/h4-6H,2-3H2,1H3;1H3,(H,3,4). The minimum Gasteiger partial charge on any atom is -0.516 e. The maximum absolute atomic E-state index is 9.00. The predicted octanol–water partition coefficient (Wildman–Crippen LogP) is 1.95. The number of aliphatic carboxylic acids is 1. The van der Waals surface area contributed by atoms with Crippen LogP contribution in [0.5, 0.6) is 0 Å². The molecule has 0 unspecified atom stereocenters. The third-order valence-corrected chi connectivity index (χ3v) is 0.561. The van der Waals surface area contributed by atoms with E-state index in [0.717, 1.165) is 26.0 Å². The Balaban J connectivity index is 0. The Morgan fingerprint density at radius 1 is 1.60 bits per heavy atom. The van der Waals surface area contributed by atoms with Crippen LogP contribution in [0.1, 0.15) is 26.7 Å². The highest BCUT2D eigenvalue weighted by atomic mass is 16.4. The molecule has 0 radical (unpaired) electrons. The molecule has 60 valence electrons. The molecule has 0 aliphatic rings. The molecule has 2 N–H and O–H groups in total. The monoisotopic (exact) mass is 146 g/mol. The lowest BCUT2D eigenvalue weighted by molar-refractivity contribution is -0.134. The number of carboxylic acid groups (broad SMARTS) is 1. The molecule has 0 aromatic heterocycles. The lowest BCUT2D eigenvalue weighted by Gasteiger charge is -1.75. The molecule has 10 heavy (non-hydrogen) atoms. The largest absolute Gasteiger partial charge is 0.516 e. The smallest absolute Gasteiger partial charge is 0.300 e. The Morgan fingerprint density at radius 3 is 2.10 bits per heavy atom. The van der Waals surface area contributed by atoms with Gasteiger partial charge in [0.25, 0.3) is 5.97 Å². The summed E-state index contributed by atoms with van der Waals surface area (Å²) in [4.78, 5) is 9.00. The van der Waals surface area contributed by atoms with Crippen molar-refractivity contribution in [2.45, 2.75) is 26.7 Å². The predicted molar refractivity (Wildman–Crippen MR) is 40.0 cm³/mol. The van der Waals surface area contributed by atoms with Crippen molar-refractivity contribution < 1.29 is 15.0 Å². The summed E-state index contributed by atoms with van der Waals surface area (Å²) in [6.07, 6.45) is 4.91. The first-order chi connectivity index (χ1) is 4.65. The topological polar surface area (TPSA) is 57.5 Å². The van der Waals surface area contributed by atoms with Gasteiger partial charge in [0.15, 0.2) is 0 Å². The van der Waals surface area contributed by atoms with Crippen LogP contribution in [-0.4, -0.2) is 16.2 Å². The van der Waals surface area contributed by atoms with E-state index in [1.165, 1.54) is 0 Å². The van der Waals surface area contributed by atoms with Gasteiger partial charge in [0.1, 0.15) is 0 Å². The highest BCUT2D eigenvalue weighted by Crippen LogP contribution is 1.84. The van der Waals surface area contributed by atoms with Crippen LogP contribution < -0.4 is 0 Å². The van der Waals surface area contributed by atoms with Gasteiger partial charge in [-0.15, -0.1) is 0 Å². The summed E-state index contributed by atoms with van der Waals surface area (Å²) in [5.74, 6) is -0.833. The van der Waals surface area contributed by atoms with Gasteiger partial charge in [0.2, 0.25) is 0 Å². The molecule has 0 saturated carbocycles. The van der Waals surface area contributed by atoms with Crippen LogP contribution in [-0.2, 0) is 4.79 Å². The van der Waals surface area contributed by atoms with E-state index in [1.54, 1.807) is 6.08 Å². The summed E-state index contributed by atoms with van der Waals surface area (Å²) in [7, 11) is 0. The lowest BCUT2D eigenvalue weighted by Crippen LogP contribution is -1.78. The van der Waals surface area contributed by atoms with E-state index in [1.807, 2.05) is 0 Å². The molecular weight excluding hydrogens is 132 g/mol. The summed E-state index contributed by atoms with van der Waals surface area (Å²) in [6, 6.07) is 0. The Kier molecular flexibility index (Phi) is 12.8. The summed E-state index contributed by atoms with van der Waals surface area (Å²) in [5.41, 5.74) is 0. The van der Waals surface area contributed by atoms with Crippen molar-refractivity contribution in [3.05, 3.63) is 12.3 Å². The Bertz CT molecular complexity index is 93.0. The summed E-state index contributed by atoms with van der Waals surface area (Å²) in [5, 5.41) is 15.4. The number of hydrogen-bond donors (Lipinski definition) is 2. The van der Waals surface area contributed by atoms with E-state index in [2.05, 4.69) is 6.92 Å². The summed E-state index contributed by atoms with van der Waals surface area (Å²) in [6.45, 7) is 3.15. The second kappa shape index (κ2) is 10.9. The molecule has 0 amide bonds. The summed E-state index contributed by atoms with van der Waals surface area (Å²) >= 11 is 0. The van der Waals surface area contributed by atoms with Crippen LogP contribution in [0, 0.1) is 0 Å². The SMILES string of the molecule is CC(=O)O.CCCC=CO. The molecule has 0 aliphatic heterocycles. The molecule has 0 aromatic rings. The molecule has 0 heterocycles. The van der Waals surface area contributed by atoms with Crippen molar-refractivity contribution in [3.8, 4) is 0 Å². The van der Waals surface area contributed by atoms with Crippen LogP contribution in [0.3, 0.4) is 0 Å². The van der Waals surface area contributed by atoms with Crippen LogP contribution in [0.25, 0.3) is 0 Å². The molecule has 3 nitrogen and oxygen atoms in total. The fourth-order valence-corrected chi connectivity index (χ4v) is 0.241. The van der Waals surface area contributed by atoms with Gasteiger partial charge in [-0.1, -0.05) is 19.4 Å². The number of carbonyl (C=O) groups is 1. The molecule has 0 aliphatic carbocycles. The number of allylic oxidation sites excluding steroid dienone is 1. The van der Waals surface area contributed by atoms with E-state index in [4.69, 9.17) is 15.0 Å². The van der Waals surface area contributed by atoms with E-state index in [-0.39, 0.29) is 0 Å². The zero-order valence-electron chi connectivity index (χ0n) is 6.37. The van der Waals surface area contributed by atoms with Crippen molar-refractivity contribution in [2.75, 3.05) is 0 Å². The average molecular weight is 146 g/mol. The molecule has 0 fully saturated rings. The molecule has 3 heteroatoms. The van der Waals surface area contributed by atoms with E-state index >= 15 is 0 Å². The van der Waals surface area contributed by atoms with Crippen molar-refractivity contribution in [1.29, 1.82) is 0 Å². The van der Waals surface area contributed by atoms with Crippen LogP contribution >= 0.6 is 0 Å². The first-order valence-corrected chi connectivity index (χ1v) is 3.13. The lowest BCUT2D eigenvalue weighted by atomic mass is 10.3. The molecule has 0 aromatic carbocycles. The molecule has 0 bridgehead atoms. The van der Waals surface area contributed by atoms with Crippen LogP contribution in [0.4, 0.5) is 0 Å². The van der Waals surface area contributed by atoms with Gasteiger partial charge < -0.3 is 10.2 Å². The van der Waals surface area contributed by atoms with Gasteiger partial charge in [-0.25, -0.2) is 0 Å². The van der Waals surface area contributed by atoms with Gasteiger partial charge >= 0.3 is 0 Å². The number of hydrogen-bond acceptors (Lipinski definition) is 2. The first-order valence-electron chi connectivity index (χ1n) is 3.13. The fraction of sp³-hybridized carbons (Fsp3) is 0.571. The van der Waals surface area contributed by atoms with Gasteiger partial charge in [0, 0.05) is 6.92 Å². The minimum atomic E-state index is -0.833. The Morgan fingerprint density at radius 2 is 2.00 bits per heavy atom. The number of unbranched alkanes of at least 4 members (excludes halogenated alkanes) is 1. The van der Waals surface area contributed by atoms with Gasteiger partial charge in [-0.2, -0.15) is 0 Å². The zero-order chi connectivity index (χ0) is 8.41. The van der Waals surface area contributed by atoms with Crippen molar-refractivity contribution in [2.24, 2.45) is 0 Å². The Labute approximate surface area is 61.0 Å². The minimum absolute atomic E-state index is 0.833. The zero-order valence-corrected chi connectivity index (χ0v) is 6.37. The third kappa shape index (κ3) is 62.7. The second-order valence-electron chi connectivity index (χ2n) is 1.69. The van der Waals surface area contributed by atoms with Gasteiger partial charge in [-0.3, -0.25) is 4.79 Å². The van der Waals surface area contributed by atoms with E-state index < -0.39 is 5.97 Å². The van der Waals surface area contributed by atoms with Crippen molar-refractivity contribution in [3.63, 3.8) is 0 Å². The third-order valence-electron chi connectivity index (χ3n) is 0.561. The number of aliphatic hydroxyl groups is 1. The quantitative estimate of drug-likeness (QED) is 0.585. The van der Waals surface area contributed by atoms with Gasteiger partial charge in [-0.05, 0) is 6.42 Å². The molecule has 0 atom stereocenters. The maximum atomic E-state index is 9.00. The normalized spacial score (nSPS) is 8.60. The molecule has 0 rings (SSSR count). The van der Waals surface area contributed by atoms with Crippen LogP contribution in [0.2, 0.25) is 0 Å². The second-order valence-corrected chi connectivity index (χ2v) is 1.69. The van der Waals surface area contributed by atoms with E-state index in [9.17, 15) is 0 Å².